The molecule has 0 unspecified atom stereocenters. The van der Waals surface area contributed by atoms with Crippen LogP contribution in [0.1, 0.15) is 129 Å². The second-order valence-corrected chi connectivity index (χ2v) is 7.81. The normalized spacial score (nSPS) is 10.4. The van der Waals surface area contributed by atoms with Gasteiger partial charge < -0.3 is 0 Å². The van der Waals surface area contributed by atoms with Crippen molar-refractivity contribution in [1.82, 2.24) is 0 Å². The fourth-order valence-electron chi connectivity index (χ4n) is 3.36. The third kappa shape index (κ3) is 23.2. The van der Waals surface area contributed by atoms with Crippen LogP contribution in [0.25, 0.3) is 0 Å². The zero-order valence-corrected chi connectivity index (χ0v) is 18.2. The fourth-order valence-corrected chi connectivity index (χ4v) is 3.36. The van der Waals surface area contributed by atoms with Gasteiger partial charge in [-0.05, 0) is 0 Å². The Labute approximate surface area is 166 Å². The first-order valence-corrected chi connectivity index (χ1v) is 11.9. The molecule has 0 fully saturated rings. The van der Waals surface area contributed by atoms with E-state index in [1.807, 2.05) is 36.4 Å². The maximum atomic E-state index is 2.30. The van der Waals surface area contributed by atoms with Gasteiger partial charge in [-0.15, -0.1) is 0 Å². The number of hydrogen-bond donors (Lipinski definition) is 0. The second kappa shape index (κ2) is 24.2. The molecule has 0 aliphatic heterocycles. The van der Waals surface area contributed by atoms with Crippen LogP contribution in [0, 0.1) is 0 Å². The van der Waals surface area contributed by atoms with Gasteiger partial charge >= 0.3 is 0 Å². The largest absolute Gasteiger partial charge is 0.0654 e. The van der Waals surface area contributed by atoms with Crippen molar-refractivity contribution in [1.29, 1.82) is 0 Å². The lowest BCUT2D eigenvalue weighted by molar-refractivity contribution is 0.526. The van der Waals surface area contributed by atoms with Crippen LogP contribution in [0.15, 0.2) is 36.4 Å². The lowest BCUT2D eigenvalue weighted by atomic mass is 10.0. The standard InChI is InChI=1S/C20H42.C6H6/c1-3-5-7-9-11-13-15-17-19-20-18-16-14-12-10-8-6-4-2;1-2-4-6-5-3-1/h3-20H2,1-2H3;1-6H. The molecule has 1 aromatic carbocycles. The molecule has 0 aliphatic rings. The maximum absolute atomic E-state index is 2.30. The lowest BCUT2D eigenvalue weighted by Crippen LogP contribution is -1.83. The highest BCUT2D eigenvalue weighted by Gasteiger charge is 1.94. The summed E-state index contributed by atoms with van der Waals surface area (Å²) in [5.41, 5.74) is 0. The van der Waals surface area contributed by atoms with Gasteiger partial charge in [0.2, 0.25) is 0 Å². The van der Waals surface area contributed by atoms with Crippen LogP contribution in [0.5, 0.6) is 0 Å². The molecule has 0 heteroatoms. The molecule has 0 saturated carbocycles. The highest BCUT2D eigenvalue weighted by atomic mass is 14.0. The molecule has 0 N–H and O–H groups in total. The molecule has 0 saturated heterocycles. The SMILES string of the molecule is CCCCCCCCCCCCCCCCCCCC.c1ccccc1. The number of hydrogen-bond acceptors (Lipinski definition) is 0. The first-order valence-electron chi connectivity index (χ1n) is 11.9. The van der Waals surface area contributed by atoms with Crippen molar-refractivity contribution in [3.63, 3.8) is 0 Å². The third-order valence-electron chi connectivity index (χ3n) is 5.12. The van der Waals surface area contributed by atoms with Gasteiger partial charge in [-0.1, -0.05) is 166 Å². The van der Waals surface area contributed by atoms with E-state index >= 15 is 0 Å². The molecule has 0 aromatic heterocycles. The van der Waals surface area contributed by atoms with Crippen molar-refractivity contribution in [2.45, 2.75) is 129 Å². The molecule has 0 atom stereocenters. The Morgan fingerprint density at radius 1 is 0.269 bits per heavy atom. The van der Waals surface area contributed by atoms with Crippen LogP contribution in [0.3, 0.4) is 0 Å². The molecule has 0 amide bonds. The Kier molecular flexibility index (Phi) is 23.5. The van der Waals surface area contributed by atoms with E-state index in [0.29, 0.717) is 0 Å². The molecule has 152 valence electrons. The highest BCUT2D eigenvalue weighted by Crippen LogP contribution is 2.14. The van der Waals surface area contributed by atoms with Gasteiger partial charge in [-0.2, -0.15) is 0 Å². The average molecular weight is 361 g/mol. The van der Waals surface area contributed by atoms with Crippen molar-refractivity contribution in [2.24, 2.45) is 0 Å². The first kappa shape index (κ1) is 25.2. The Hall–Kier alpha value is -0.780. The summed E-state index contributed by atoms with van der Waals surface area (Å²) in [6, 6.07) is 12.0. The second-order valence-electron chi connectivity index (χ2n) is 7.81. The minimum Gasteiger partial charge on any atom is -0.0654 e. The third-order valence-corrected chi connectivity index (χ3v) is 5.12. The Morgan fingerprint density at radius 2 is 0.423 bits per heavy atom. The van der Waals surface area contributed by atoms with E-state index in [2.05, 4.69) is 13.8 Å². The first-order chi connectivity index (χ1) is 12.9. The molecule has 0 heterocycles. The summed E-state index contributed by atoms with van der Waals surface area (Å²) in [6.45, 7) is 4.59. The van der Waals surface area contributed by atoms with Gasteiger partial charge in [0.25, 0.3) is 0 Å². The summed E-state index contributed by atoms with van der Waals surface area (Å²) < 4.78 is 0. The average Bonchev–Trinajstić information content (AvgIpc) is 2.69. The maximum Gasteiger partial charge on any atom is -0.0533 e. The van der Waals surface area contributed by atoms with Crippen molar-refractivity contribution in [2.75, 3.05) is 0 Å². The topological polar surface area (TPSA) is 0 Å². The van der Waals surface area contributed by atoms with Gasteiger partial charge in [0.05, 0.1) is 0 Å². The number of rotatable bonds is 17. The van der Waals surface area contributed by atoms with Crippen molar-refractivity contribution < 1.29 is 0 Å². The summed E-state index contributed by atoms with van der Waals surface area (Å²) >= 11 is 0. The van der Waals surface area contributed by atoms with Crippen molar-refractivity contribution in [3.8, 4) is 0 Å². The lowest BCUT2D eigenvalue weighted by Gasteiger charge is -2.03. The van der Waals surface area contributed by atoms with Crippen LogP contribution in [0.4, 0.5) is 0 Å². The van der Waals surface area contributed by atoms with Crippen LogP contribution >= 0.6 is 0 Å². The zero-order valence-electron chi connectivity index (χ0n) is 18.2. The van der Waals surface area contributed by atoms with Crippen LogP contribution < -0.4 is 0 Å². The molecule has 0 aliphatic carbocycles. The highest BCUT2D eigenvalue weighted by molar-refractivity contribution is 4.99. The van der Waals surface area contributed by atoms with Crippen molar-refractivity contribution in [3.05, 3.63) is 36.4 Å². The predicted molar refractivity (Wildman–Crippen MR) is 121 cm³/mol. The summed E-state index contributed by atoms with van der Waals surface area (Å²) in [5, 5.41) is 0. The molecule has 0 radical (unpaired) electrons. The minimum atomic E-state index is 1.37. The summed E-state index contributed by atoms with van der Waals surface area (Å²) in [7, 11) is 0. The molecule has 0 nitrogen and oxygen atoms in total. The van der Waals surface area contributed by atoms with E-state index in [9.17, 15) is 0 Å². The fraction of sp³-hybridized carbons (Fsp3) is 0.769. The predicted octanol–water partition coefficient (Wildman–Crippen LogP) is 9.73. The quantitative estimate of drug-likeness (QED) is 0.242. The zero-order chi connectivity index (χ0) is 19.0. The molecular weight excluding hydrogens is 312 g/mol. The number of unbranched alkanes of at least 4 members (excludes halogenated alkanes) is 17. The van der Waals surface area contributed by atoms with E-state index in [0.717, 1.165) is 0 Å². The Morgan fingerprint density at radius 3 is 0.577 bits per heavy atom. The van der Waals surface area contributed by atoms with Gasteiger partial charge in [0, 0.05) is 0 Å². The van der Waals surface area contributed by atoms with Crippen LogP contribution in [-0.2, 0) is 0 Å². The monoisotopic (exact) mass is 360 g/mol. The summed E-state index contributed by atoms with van der Waals surface area (Å²) in [6.07, 6.45) is 26.4. The van der Waals surface area contributed by atoms with Gasteiger partial charge in [-0.25, -0.2) is 0 Å². The van der Waals surface area contributed by atoms with E-state index < -0.39 is 0 Å². The summed E-state index contributed by atoms with van der Waals surface area (Å²) in [5.74, 6) is 0. The van der Waals surface area contributed by atoms with E-state index in [4.69, 9.17) is 0 Å². The molecule has 26 heavy (non-hydrogen) atoms. The molecule has 0 spiro atoms. The molecule has 0 bridgehead atoms. The van der Waals surface area contributed by atoms with E-state index in [1.54, 1.807) is 0 Å². The number of benzene rings is 1. The Balaban J connectivity index is 0.000000867. The molecule has 1 rings (SSSR count). The smallest absolute Gasteiger partial charge is 0.0533 e. The van der Waals surface area contributed by atoms with E-state index in [-0.39, 0.29) is 0 Å². The molecule has 1 aromatic rings. The van der Waals surface area contributed by atoms with Crippen LogP contribution in [-0.4, -0.2) is 0 Å². The van der Waals surface area contributed by atoms with Gasteiger partial charge in [-0.3, -0.25) is 0 Å². The van der Waals surface area contributed by atoms with Gasteiger partial charge in [0.1, 0.15) is 0 Å². The van der Waals surface area contributed by atoms with E-state index in [1.165, 1.54) is 116 Å². The summed E-state index contributed by atoms with van der Waals surface area (Å²) in [4.78, 5) is 0. The van der Waals surface area contributed by atoms with Gasteiger partial charge in [0.15, 0.2) is 0 Å². The molecular formula is C26H48. The Bertz CT molecular complexity index is 271. The van der Waals surface area contributed by atoms with Crippen LogP contribution in [0.2, 0.25) is 0 Å². The minimum absolute atomic E-state index is 1.37. The van der Waals surface area contributed by atoms with Crippen molar-refractivity contribution >= 4 is 0 Å².